The summed E-state index contributed by atoms with van der Waals surface area (Å²) in [7, 11) is 0. The fraction of sp³-hybridized carbons (Fsp3) is 0.267. The van der Waals surface area contributed by atoms with E-state index < -0.39 is 16.8 Å². The Morgan fingerprint density at radius 2 is 1.90 bits per heavy atom. The lowest BCUT2D eigenvalue weighted by molar-refractivity contribution is -0.402. The lowest BCUT2D eigenvalue weighted by atomic mass is 10.0. The van der Waals surface area contributed by atoms with Gasteiger partial charge in [0.2, 0.25) is 5.76 Å². The van der Waals surface area contributed by atoms with Crippen LogP contribution in [0.3, 0.4) is 0 Å². The molecule has 0 spiro atoms. The number of benzene rings is 1. The molecule has 21 heavy (non-hydrogen) atoms. The van der Waals surface area contributed by atoms with Gasteiger partial charge >= 0.3 is 11.9 Å². The maximum atomic E-state index is 11.7. The predicted octanol–water partition coefficient (Wildman–Crippen LogP) is 3.67. The third-order valence-corrected chi connectivity index (χ3v) is 2.99. The molecule has 110 valence electrons. The summed E-state index contributed by atoms with van der Waals surface area (Å²) >= 11 is 0. The molecule has 0 unspecified atom stereocenters. The number of ether oxygens (including phenoxy) is 1. The molecule has 0 aliphatic heterocycles. The molecule has 6 nitrogen and oxygen atoms in total. The first-order valence-electron chi connectivity index (χ1n) is 6.47. The van der Waals surface area contributed by atoms with E-state index in [1.54, 1.807) is 0 Å². The Morgan fingerprint density at radius 3 is 2.43 bits per heavy atom. The van der Waals surface area contributed by atoms with Crippen LogP contribution in [0.15, 0.2) is 40.8 Å². The van der Waals surface area contributed by atoms with Crippen molar-refractivity contribution in [3.63, 3.8) is 0 Å². The summed E-state index contributed by atoms with van der Waals surface area (Å²) in [4.78, 5) is 21.4. The van der Waals surface area contributed by atoms with Crippen LogP contribution in [0.5, 0.6) is 0 Å². The van der Waals surface area contributed by atoms with E-state index in [1.807, 2.05) is 24.3 Å². The van der Waals surface area contributed by atoms with Gasteiger partial charge in [0.25, 0.3) is 0 Å². The minimum Gasteiger partial charge on any atom is -0.455 e. The van der Waals surface area contributed by atoms with Crippen molar-refractivity contribution in [2.24, 2.45) is 0 Å². The van der Waals surface area contributed by atoms with E-state index in [-0.39, 0.29) is 12.4 Å². The molecule has 0 amide bonds. The SMILES string of the molecule is CC(C)c1ccc(COC(=O)c2ccc([N+](=O)[O-])o2)cc1. The number of furan rings is 1. The summed E-state index contributed by atoms with van der Waals surface area (Å²) < 4.78 is 9.82. The first-order chi connectivity index (χ1) is 9.97. The molecule has 2 aromatic rings. The smallest absolute Gasteiger partial charge is 0.433 e. The second-order valence-corrected chi connectivity index (χ2v) is 4.87. The molecule has 0 atom stereocenters. The fourth-order valence-corrected chi connectivity index (χ4v) is 1.75. The lowest BCUT2D eigenvalue weighted by Gasteiger charge is -2.07. The topological polar surface area (TPSA) is 82.6 Å². The number of esters is 1. The summed E-state index contributed by atoms with van der Waals surface area (Å²) in [6, 6.07) is 10.1. The van der Waals surface area contributed by atoms with Crippen LogP contribution in [0.1, 0.15) is 41.4 Å². The number of hydrogen-bond acceptors (Lipinski definition) is 5. The molecule has 0 saturated carbocycles. The van der Waals surface area contributed by atoms with Crippen molar-refractivity contribution >= 4 is 11.9 Å². The molecule has 6 heteroatoms. The summed E-state index contributed by atoms with van der Waals surface area (Å²) in [5.41, 5.74) is 2.04. The van der Waals surface area contributed by atoms with E-state index in [1.165, 1.54) is 11.6 Å². The Morgan fingerprint density at radius 1 is 1.24 bits per heavy atom. The number of carbonyl (C=O) groups is 1. The normalized spacial score (nSPS) is 10.6. The first kappa shape index (κ1) is 14.8. The van der Waals surface area contributed by atoms with Crippen molar-refractivity contribution in [2.75, 3.05) is 0 Å². The highest BCUT2D eigenvalue weighted by atomic mass is 16.7. The van der Waals surface area contributed by atoms with Crippen LogP contribution in [0.25, 0.3) is 0 Å². The fourth-order valence-electron chi connectivity index (χ4n) is 1.75. The van der Waals surface area contributed by atoms with Crippen LogP contribution in [0.4, 0.5) is 5.88 Å². The summed E-state index contributed by atoms with van der Waals surface area (Å²) in [5, 5.41) is 10.5. The average molecular weight is 289 g/mol. The minimum absolute atomic E-state index is 0.0890. The van der Waals surface area contributed by atoms with Gasteiger partial charge in [-0.25, -0.2) is 4.79 Å². The van der Waals surface area contributed by atoms with Gasteiger partial charge in [-0.1, -0.05) is 38.1 Å². The van der Waals surface area contributed by atoms with Gasteiger partial charge in [0, 0.05) is 0 Å². The molecule has 0 saturated heterocycles. The standard InChI is InChI=1S/C15H15NO5/c1-10(2)12-5-3-11(4-6-12)9-20-15(17)13-7-8-14(21-13)16(18)19/h3-8,10H,9H2,1-2H3. The van der Waals surface area contributed by atoms with Crippen LogP contribution in [0.2, 0.25) is 0 Å². The maximum Gasteiger partial charge on any atom is 0.433 e. The highest BCUT2D eigenvalue weighted by molar-refractivity contribution is 5.86. The quantitative estimate of drug-likeness (QED) is 0.476. The van der Waals surface area contributed by atoms with E-state index in [4.69, 9.17) is 9.15 Å². The average Bonchev–Trinajstić information content (AvgIpc) is 2.95. The van der Waals surface area contributed by atoms with Crippen molar-refractivity contribution in [3.8, 4) is 0 Å². The zero-order valence-electron chi connectivity index (χ0n) is 11.7. The molecule has 2 rings (SSSR count). The van der Waals surface area contributed by atoms with E-state index in [0.717, 1.165) is 11.6 Å². The second-order valence-electron chi connectivity index (χ2n) is 4.87. The molecule has 0 N–H and O–H groups in total. The van der Waals surface area contributed by atoms with Crippen LogP contribution < -0.4 is 0 Å². The molecule has 0 aliphatic rings. The van der Waals surface area contributed by atoms with Gasteiger partial charge in [-0.15, -0.1) is 0 Å². The Kier molecular flexibility index (Phi) is 4.37. The minimum atomic E-state index is -0.726. The van der Waals surface area contributed by atoms with Crippen molar-refractivity contribution < 1.29 is 18.9 Å². The Balaban J connectivity index is 1.95. The highest BCUT2D eigenvalue weighted by Crippen LogP contribution is 2.18. The molecular weight excluding hydrogens is 274 g/mol. The third-order valence-electron chi connectivity index (χ3n) is 2.99. The number of hydrogen-bond donors (Lipinski definition) is 0. The van der Waals surface area contributed by atoms with Crippen molar-refractivity contribution in [3.05, 3.63) is 63.4 Å². The molecule has 0 fully saturated rings. The molecule has 1 heterocycles. The van der Waals surface area contributed by atoms with Gasteiger partial charge in [-0.2, -0.15) is 0 Å². The van der Waals surface area contributed by atoms with E-state index in [2.05, 4.69) is 13.8 Å². The van der Waals surface area contributed by atoms with Gasteiger partial charge in [-0.05, 0) is 23.1 Å². The Bertz CT molecular complexity index is 642. The monoisotopic (exact) mass is 289 g/mol. The maximum absolute atomic E-state index is 11.7. The Hall–Kier alpha value is -2.63. The lowest BCUT2D eigenvalue weighted by Crippen LogP contribution is -2.04. The molecule has 0 bridgehead atoms. The second kappa shape index (κ2) is 6.21. The number of nitro groups is 1. The van der Waals surface area contributed by atoms with Crippen LogP contribution in [0, 0.1) is 10.1 Å². The molecule has 0 aliphatic carbocycles. The molecule has 0 radical (unpaired) electrons. The number of rotatable bonds is 5. The Labute approximate surface area is 121 Å². The zero-order valence-corrected chi connectivity index (χ0v) is 11.7. The molecule has 1 aromatic heterocycles. The van der Waals surface area contributed by atoms with Gasteiger partial charge in [-0.3, -0.25) is 10.1 Å². The highest BCUT2D eigenvalue weighted by Gasteiger charge is 2.18. The predicted molar refractivity (Wildman–Crippen MR) is 75.0 cm³/mol. The summed E-state index contributed by atoms with van der Waals surface area (Å²) in [6.07, 6.45) is 0. The van der Waals surface area contributed by atoms with Gasteiger partial charge in [0.15, 0.2) is 0 Å². The van der Waals surface area contributed by atoms with Crippen LogP contribution in [-0.2, 0) is 11.3 Å². The third kappa shape index (κ3) is 3.68. The number of carbonyl (C=O) groups excluding carboxylic acids is 1. The molecular formula is C15H15NO5. The van der Waals surface area contributed by atoms with Crippen molar-refractivity contribution in [2.45, 2.75) is 26.4 Å². The van der Waals surface area contributed by atoms with Crippen molar-refractivity contribution in [1.82, 2.24) is 0 Å². The van der Waals surface area contributed by atoms with Crippen molar-refractivity contribution in [1.29, 1.82) is 0 Å². The van der Waals surface area contributed by atoms with Crippen LogP contribution in [-0.4, -0.2) is 10.9 Å². The van der Waals surface area contributed by atoms with Crippen LogP contribution >= 0.6 is 0 Å². The summed E-state index contributed by atoms with van der Waals surface area (Å²) in [5.74, 6) is -0.954. The van der Waals surface area contributed by atoms with Gasteiger partial charge in [0.05, 0.1) is 6.07 Å². The van der Waals surface area contributed by atoms with E-state index >= 15 is 0 Å². The number of nitrogens with zero attached hydrogens (tertiary/aromatic N) is 1. The molecule has 1 aromatic carbocycles. The van der Waals surface area contributed by atoms with Gasteiger partial charge in [0.1, 0.15) is 11.5 Å². The van der Waals surface area contributed by atoms with Gasteiger partial charge < -0.3 is 9.15 Å². The van der Waals surface area contributed by atoms with E-state index in [9.17, 15) is 14.9 Å². The zero-order chi connectivity index (χ0) is 15.4. The van der Waals surface area contributed by atoms with E-state index in [0.29, 0.717) is 5.92 Å². The first-order valence-corrected chi connectivity index (χ1v) is 6.47. The summed E-state index contributed by atoms with van der Waals surface area (Å²) in [6.45, 7) is 4.28. The largest absolute Gasteiger partial charge is 0.455 e.